The largest absolute Gasteiger partial charge is 0.357 e. The summed E-state index contributed by atoms with van der Waals surface area (Å²) in [5.74, 6) is 0.786. The molecule has 0 unspecified atom stereocenters. The molecular formula is C22H38IN5O2. The quantitative estimate of drug-likeness (QED) is 0.168. The fourth-order valence-corrected chi connectivity index (χ4v) is 2.78. The first-order chi connectivity index (χ1) is 14.0. The Balaban J connectivity index is 0.00000841. The van der Waals surface area contributed by atoms with E-state index >= 15 is 0 Å². The Kier molecular flexibility index (Phi) is 15.9. The number of hydrogen-bond donors (Lipinski definition) is 3. The number of carbonyl (C=O) groups is 2. The molecule has 7 nitrogen and oxygen atoms in total. The smallest absolute Gasteiger partial charge is 0.251 e. The van der Waals surface area contributed by atoms with E-state index in [1.165, 1.54) is 0 Å². The van der Waals surface area contributed by atoms with Crippen molar-refractivity contribution in [2.45, 2.75) is 53.5 Å². The highest BCUT2D eigenvalue weighted by molar-refractivity contribution is 14.0. The van der Waals surface area contributed by atoms with Crippen molar-refractivity contribution < 1.29 is 9.59 Å². The topological polar surface area (TPSA) is 85.8 Å². The zero-order valence-corrected chi connectivity index (χ0v) is 21.1. The Labute approximate surface area is 198 Å². The number of aliphatic imine (C=N–C) groups is 1. The second-order valence-electron chi connectivity index (χ2n) is 6.74. The summed E-state index contributed by atoms with van der Waals surface area (Å²) in [6.07, 6.45) is 2.48. The maximum Gasteiger partial charge on any atom is 0.251 e. The maximum absolute atomic E-state index is 12.1. The van der Waals surface area contributed by atoms with Crippen LogP contribution in [-0.2, 0) is 11.3 Å². The number of halogens is 1. The van der Waals surface area contributed by atoms with Gasteiger partial charge in [-0.15, -0.1) is 24.0 Å². The van der Waals surface area contributed by atoms with Crippen LogP contribution in [0.15, 0.2) is 29.3 Å². The van der Waals surface area contributed by atoms with Gasteiger partial charge in [0.2, 0.25) is 5.91 Å². The Morgan fingerprint density at radius 3 is 2.17 bits per heavy atom. The molecule has 0 aliphatic rings. The van der Waals surface area contributed by atoms with Gasteiger partial charge >= 0.3 is 0 Å². The number of benzene rings is 1. The molecule has 2 amide bonds. The molecule has 3 N–H and O–H groups in total. The molecule has 0 bridgehead atoms. The van der Waals surface area contributed by atoms with Crippen molar-refractivity contribution in [3.63, 3.8) is 0 Å². The number of nitrogens with one attached hydrogen (secondary N) is 3. The van der Waals surface area contributed by atoms with Gasteiger partial charge in [0.05, 0.1) is 6.54 Å². The first kappa shape index (κ1) is 28.2. The summed E-state index contributed by atoms with van der Waals surface area (Å²) in [4.78, 5) is 30.5. The van der Waals surface area contributed by atoms with Gasteiger partial charge in [0.1, 0.15) is 0 Å². The van der Waals surface area contributed by atoms with Gasteiger partial charge in [-0.3, -0.25) is 9.59 Å². The number of guanidine groups is 1. The van der Waals surface area contributed by atoms with Crippen molar-refractivity contribution in [2.24, 2.45) is 4.99 Å². The van der Waals surface area contributed by atoms with Crippen molar-refractivity contribution >= 4 is 41.8 Å². The highest BCUT2D eigenvalue weighted by Crippen LogP contribution is 2.06. The monoisotopic (exact) mass is 531 g/mol. The van der Waals surface area contributed by atoms with E-state index in [-0.39, 0.29) is 35.8 Å². The Morgan fingerprint density at radius 1 is 0.933 bits per heavy atom. The van der Waals surface area contributed by atoms with Crippen molar-refractivity contribution in [3.8, 4) is 0 Å². The third-order valence-electron chi connectivity index (χ3n) is 4.54. The van der Waals surface area contributed by atoms with E-state index in [1.807, 2.05) is 49.9 Å². The first-order valence-electron chi connectivity index (χ1n) is 10.7. The lowest BCUT2D eigenvalue weighted by Crippen LogP contribution is -2.40. The minimum atomic E-state index is -0.0404. The van der Waals surface area contributed by atoms with Gasteiger partial charge in [0.15, 0.2) is 5.96 Å². The first-order valence-corrected chi connectivity index (χ1v) is 10.7. The van der Waals surface area contributed by atoms with Crippen LogP contribution in [0.1, 0.15) is 62.9 Å². The van der Waals surface area contributed by atoms with E-state index in [9.17, 15) is 9.59 Å². The minimum absolute atomic E-state index is 0. The Morgan fingerprint density at radius 2 is 1.60 bits per heavy atom. The maximum atomic E-state index is 12.1. The number of amides is 2. The van der Waals surface area contributed by atoms with Crippen molar-refractivity contribution in [3.05, 3.63) is 35.4 Å². The highest BCUT2D eigenvalue weighted by Gasteiger charge is 2.09. The number of hydrogen-bond acceptors (Lipinski definition) is 3. The molecule has 0 aliphatic heterocycles. The lowest BCUT2D eigenvalue weighted by atomic mass is 10.1. The summed E-state index contributed by atoms with van der Waals surface area (Å²) in [5, 5.41) is 9.32. The van der Waals surface area contributed by atoms with E-state index in [0.29, 0.717) is 37.6 Å². The van der Waals surface area contributed by atoms with Gasteiger partial charge in [0.25, 0.3) is 5.91 Å². The lowest BCUT2D eigenvalue weighted by Gasteiger charge is -2.19. The van der Waals surface area contributed by atoms with E-state index in [0.717, 1.165) is 38.0 Å². The molecule has 1 rings (SSSR count). The average Bonchev–Trinajstić information content (AvgIpc) is 2.73. The molecular weight excluding hydrogens is 493 g/mol. The lowest BCUT2D eigenvalue weighted by molar-refractivity contribution is -0.130. The summed E-state index contributed by atoms with van der Waals surface area (Å²) in [7, 11) is 0. The third kappa shape index (κ3) is 10.8. The fraction of sp³-hybridized carbons (Fsp3) is 0.591. The van der Waals surface area contributed by atoms with E-state index in [4.69, 9.17) is 0 Å². The van der Waals surface area contributed by atoms with E-state index in [2.05, 4.69) is 27.9 Å². The normalized spacial score (nSPS) is 10.7. The molecule has 8 heteroatoms. The molecule has 0 fully saturated rings. The van der Waals surface area contributed by atoms with Gasteiger partial charge in [-0.1, -0.05) is 25.5 Å². The molecule has 170 valence electrons. The predicted octanol–water partition coefficient (Wildman–Crippen LogP) is 3.15. The molecule has 0 radical (unpaired) electrons. The standard InChI is InChI=1S/C22H37N5O2.HI/c1-5-9-15-24-21(29)19-12-10-18(11-13-19)17-26-22(23-6-2)25-16-14-20(28)27(7-3)8-4;/h10-13H,5-9,14-17H2,1-4H3,(H,24,29)(H2,23,25,26);1H. The summed E-state index contributed by atoms with van der Waals surface area (Å²) in [5.41, 5.74) is 1.68. The molecule has 0 aliphatic carbocycles. The van der Waals surface area contributed by atoms with Gasteiger partial charge < -0.3 is 20.9 Å². The Hall–Kier alpha value is -1.84. The third-order valence-corrected chi connectivity index (χ3v) is 4.54. The van der Waals surface area contributed by atoms with Gasteiger partial charge in [0, 0.05) is 44.7 Å². The van der Waals surface area contributed by atoms with Gasteiger partial charge in [-0.2, -0.15) is 0 Å². The van der Waals surface area contributed by atoms with Crippen molar-refractivity contribution in [2.75, 3.05) is 32.7 Å². The van der Waals surface area contributed by atoms with Crippen molar-refractivity contribution in [1.29, 1.82) is 0 Å². The van der Waals surface area contributed by atoms with E-state index < -0.39 is 0 Å². The average molecular weight is 531 g/mol. The predicted molar refractivity (Wildman–Crippen MR) is 134 cm³/mol. The second-order valence-corrected chi connectivity index (χ2v) is 6.74. The summed E-state index contributed by atoms with van der Waals surface area (Å²) in [6, 6.07) is 7.50. The SMILES string of the molecule is CCCCNC(=O)c1ccc(CN=C(NCC)NCCC(=O)N(CC)CC)cc1.I. The molecule has 0 atom stereocenters. The summed E-state index contributed by atoms with van der Waals surface area (Å²) in [6.45, 7) is 12.0. The molecule has 0 saturated carbocycles. The molecule has 0 spiro atoms. The van der Waals surface area contributed by atoms with Crippen LogP contribution in [0.3, 0.4) is 0 Å². The molecule has 0 saturated heterocycles. The highest BCUT2D eigenvalue weighted by atomic mass is 127. The van der Waals surface area contributed by atoms with Crippen LogP contribution in [-0.4, -0.2) is 55.4 Å². The van der Waals surface area contributed by atoms with Crippen LogP contribution >= 0.6 is 24.0 Å². The van der Waals surface area contributed by atoms with Crippen molar-refractivity contribution in [1.82, 2.24) is 20.9 Å². The molecule has 0 aromatic heterocycles. The Bertz CT molecular complexity index is 645. The van der Waals surface area contributed by atoms with Crippen LogP contribution in [0.25, 0.3) is 0 Å². The zero-order chi connectivity index (χ0) is 21.5. The number of rotatable bonds is 12. The minimum Gasteiger partial charge on any atom is -0.357 e. The summed E-state index contributed by atoms with van der Waals surface area (Å²) < 4.78 is 0. The number of nitrogens with zero attached hydrogens (tertiary/aromatic N) is 2. The number of carbonyl (C=O) groups excluding carboxylic acids is 2. The second kappa shape index (κ2) is 16.9. The molecule has 0 heterocycles. The molecule has 30 heavy (non-hydrogen) atoms. The van der Waals surface area contributed by atoms with Gasteiger partial charge in [-0.05, 0) is 44.9 Å². The summed E-state index contributed by atoms with van der Waals surface area (Å²) >= 11 is 0. The van der Waals surface area contributed by atoms with Crippen LogP contribution in [0, 0.1) is 0 Å². The van der Waals surface area contributed by atoms with Gasteiger partial charge in [-0.25, -0.2) is 4.99 Å². The van der Waals surface area contributed by atoms with Crippen LogP contribution in [0.4, 0.5) is 0 Å². The van der Waals surface area contributed by atoms with Crippen LogP contribution in [0.5, 0.6) is 0 Å². The molecule has 1 aromatic rings. The van der Waals surface area contributed by atoms with Crippen LogP contribution in [0.2, 0.25) is 0 Å². The molecule has 1 aromatic carbocycles. The van der Waals surface area contributed by atoms with E-state index in [1.54, 1.807) is 0 Å². The number of unbranched alkanes of at least 4 members (excludes halogenated alkanes) is 1. The van der Waals surface area contributed by atoms with Crippen LogP contribution < -0.4 is 16.0 Å². The zero-order valence-electron chi connectivity index (χ0n) is 18.8. The fourth-order valence-electron chi connectivity index (χ4n) is 2.78.